The highest BCUT2D eigenvalue weighted by Gasteiger charge is 2.44. The first kappa shape index (κ1) is 14.0. The van der Waals surface area contributed by atoms with Crippen molar-refractivity contribution in [3.05, 3.63) is 24.3 Å². The lowest BCUT2D eigenvalue weighted by Gasteiger charge is -2.33. The summed E-state index contributed by atoms with van der Waals surface area (Å²) in [5.74, 6) is -0.130. The van der Waals surface area contributed by atoms with E-state index in [-0.39, 0.29) is 12.0 Å². The third kappa shape index (κ3) is 2.18. The van der Waals surface area contributed by atoms with E-state index in [1.807, 2.05) is 13.0 Å². The normalized spacial score (nSPS) is 25.7. The Kier molecular flexibility index (Phi) is 3.38. The molecule has 2 unspecified atom stereocenters. The lowest BCUT2D eigenvalue weighted by molar-refractivity contribution is 0.0612. The zero-order valence-corrected chi connectivity index (χ0v) is 12.2. The van der Waals surface area contributed by atoms with Crippen LogP contribution in [0.15, 0.2) is 18.6 Å². The molecule has 0 spiro atoms. The highest BCUT2D eigenvalue weighted by atomic mass is 16.5. The van der Waals surface area contributed by atoms with Gasteiger partial charge in [-0.15, -0.1) is 0 Å². The number of H-pyrrole nitrogens is 1. The molecule has 1 aliphatic rings. The van der Waals surface area contributed by atoms with Crippen molar-refractivity contribution in [2.45, 2.75) is 25.0 Å². The first-order valence-electron chi connectivity index (χ1n) is 6.92. The molecule has 3 heterocycles. The van der Waals surface area contributed by atoms with Crippen LogP contribution in [-0.2, 0) is 4.74 Å². The van der Waals surface area contributed by atoms with Crippen LogP contribution >= 0.6 is 0 Å². The maximum atomic E-state index is 12.9. The number of rotatable bonds is 3. The minimum Gasteiger partial charge on any atom is -0.380 e. The third-order valence-corrected chi connectivity index (χ3v) is 4.28. The standard InChI is InChI=1S/C14H19N5O2/c1-14(7-15)5-9(21-2)6-19(14)13(20)11-10-3-4-16-12(10)18-8-17-11/h3-4,8-9H,5-7,15H2,1-2H3,(H,16,17,18). The monoisotopic (exact) mass is 289 g/mol. The molecule has 2 aromatic rings. The number of carbonyl (C=O) groups excluding carboxylic acids is 1. The lowest BCUT2D eigenvalue weighted by atomic mass is 9.98. The summed E-state index contributed by atoms with van der Waals surface area (Å²) >= 11 is 0. The molecule has 0 aliphatic carbocycles. The molecule has 1 amide bonds. The van der Waals surface area contributed by atoms with Gasteiger partial charge in [-0.3, -0.25) is 4.79 Å². The molecular formula is C14H19N5O2. The minimum atomic E-state index is -0.411. The first-order chi connectivity index (χ1) is 10.1. The van der Waals surface area contributed by atoms with Gasteiger partial charge in [0.1, 0.15) is 17.7 Å². The van der Waals surface area contributed by atoms with E-state index in [2.05, 4.69) is 15.0 Å². The van der Waals surface area contributed by atoms with E-state index >= 15 is 0 Å². The van der Waals surface area contributed by atoms with Crippen LogP contribution in [0.25, 0.3) is 11.0 Å². The predicted molar refractivity (Wildman–Crippen MR) is 77.8 cm³/mol. The second-order valence-corrected chi connectivity index (χ2v) is 5.64. The molecule has 3 rings (SSSR count). The van der Waals surface area contributed by atoms with Gasteiger partial charge < -0.3 is 20.4 Å². The molecule has 112 valence electrons. The summed E-state index contributed by atoms with van der Waals surface area (Å²) in [5, 5.41) is 0.725. The fourth-order valence-electron chi connectivity index (χ4n) is 2.94. The Balaban J connectivity index is 1.99. The van der Waals surface area contributed by atoms with Crippen molar-refractivity contribution in [3.8, 4) is 0 Å². The fourth-order valence-corrected chi connectivity index (χ4v) is 2.94. The number of aromatic nitrogens is 3. The van der Waals surface area contributed by atoms with E-state index in [4.69, 9.17) is 10.5 Å². The van der Waals surface area contributed by atoms with Crippen LogP contribution in [-0.4, -0.2) is 57.6 Å². The molecule has 3 N–H and O–H groups in total. The number of fused-ring (bicyclic) bond motifs is 1. The number of hydrogen-bond donors (Lipinski definition) is 2. The highest BCUT2D eigenvalue weighted by molar-refractivity contribution is 6.04. The number of nitrogens with two attached hydrogens (primary N) is 1. The summed E-state index contributed by atoms with van der Waals surface area (Å²) < 4.78 is 5.41. The molecule has 2 atom stereocenters. The summed E-state index contributed by atoms with van der Waals surface area (Å²) in [6.07, 6.45) is 3.88. The Morgan fingerprint density at radius 3 is 3.14 bits per heavy atom. The molecule has 0 saturated carbocycles. The van der Waals surface area contributed by atoms with Crippen molar-refractivity contribution in [3.63, 3.8) is 0 Å². The molecule has 7 heteroatoms. The van der Waals surface area contributed by atoms with E-state index in [0.717, 1.165) is 11.8 Å². The number of carbonyl (C=O) groups is 1. The van der Waals surface area contributed by atoms with Gasteiger partial charge in [0.25, 0.3) is 5.91 Å². The summed E-state index contributed by atoms with van der Waals surface area (Å²) in [6.45, 7) is 2.90. The van der Waals surface area contributed by atoms with Gasteiger partial charge in [0.2, 0.25) is 0 Å². The van der Waals surface area contributed by atoms with Gasteiger partial charge in [-0.05, 0) is 19.4 Å². The van der Waals surface area contributed by atoms with Crippen molar-refractivity contribution in [2.24, 2.45) is 5.73 Å². The minimum absolute atomic E-state index is 0.00560. The average molecular weight is 289 g/mol. The smallest absolute Gasteiger partial charge is 0.273 e. The van der Waals surface area contributed by atoms with Crippen LogP contribution in [0.2, 0.25) is 0 Å². The van der Waals surface area contributed by atoms with Crippen LogP contribution in [0.1, 0.15) is 23.8 Å². The maximum Gasteiger partial charge on any atom is 0.273 e. The van der Waals surface area contributed by atoms with Crippen molar-refractivity contribution >= 4 is 16.9 Å². The molecule has 0 bridgehead atoms. The third-order valence-electron chi connectivity index (χ3n) is 4.28. The Labute approximate surface area is 122 Å². The van der Waals surface area contributed by atoms with Gasteiger partial charge in [-0.2, -0.15) is 0 Å². The highest BCUT2D eigenvalue weighted by Crippen LogP contribution is 2.31. The number of aromatic amines is 1. The van der Waals surface area contributed by atoms with Gasteiger partial charge >= 0.3 is 0 Å². The zero-order chi connectivity index (χ0) is 15.0. The topological polar surface area (TPSA) is 97.1 Å². The number of ether oxygens (including phenoxy) is 1. The van der Waals surface area contributed by atoms with Gasteiger partial charge in [0.15, 0.2) is 0 Å². The van der Waals surface area contributed by atoms with Gasteiger partial charge in [0.05, 0.1) is 17.0 Å². The Bertz CT molecular complexity index is 670. The Morgan fingerprint density at radius 2 is 2.43 bits per heavy atom. The molecular weight excluding hydrogens is 270 g/mol. The van der Waals surface area contributed by atoms with Crippen LogP contribution in [0.3, 0.4) is 0 Å². The van der Waals surface area contributed by atoms with E-state index in [1.54, 1.807) is 18.2 Å². The molecule has 0 radical (unpaired) electrons. The first-order valence-corrected chi connectivity index (χ1v) is 6.92. The van der Waals surface area contributed by atoms with E-state index in [0.29, 0.717) is 24.4 Å². The van der Waals surface area contributed by atoms with E-state index < -0.39 is 5.54 Å². The Hall–Kier alpha value is -1.99. The van der Waals surface area contributed by atoms with E-state index in [9.17, 15) is 4.79 Å². The summed E-state index contributed by atoms with van der Waals surface area (Å²) in [6, 6.07) is 1.81. The van der Waals surface area contributed by atoms with Crippen molar-refractivity contribution in [2.75, 3.05) is 20.2 Å². The van der Waals surface area contributed by atoms with Gasteiger partial charge in [-0.25, -0.2) is 9.97 Å². The molecule has 1 fully saturated rings. The molecule has 7 nitrogen and oxygen atoms in total. The van der Waals surface area contributed by atoms with Crippen LogP contribution in [0, 0.1) is 0 Å². The number of nitrogens with one attached hydrogen (secondary N) is 1. The fraction of sp³-hybridized carbons (Fsp3) is 0.500. The number of nitrogens with zero attached hydrogens (tertiary/aromatic N) is 3. The molecule has 21 heavy (non-hydrogen) atoms. The number of amides is 1. The predicted octanol–water partition coefficient (Wildman–Crippen LogP) is 0.536. The Morgan fingerprint density at radius 1 is 1.62 bits per heavy atom. The van der Waals surface area contributed by atoms with Gasteiger partial charge in [-0.1, -0.05) is 0 Å². The number of hydrogen-bond acceptors (Lipinski definition) is 5. The molecule has 1 saturated heterocycles. The quantitative estimate of drug-likeness (QED) is 0.859. The average Bonchev–Trinajstić information content (AvgIpc) is 3.10. The maximum absolute atomic E-state index is 12.9. The second-order valence-electron chi connectivity index (χ2n) is 5.64. The van der Waals surface area contributed by atoms with Crippen LogP contribution in [0.5, 0.6) is 0 Å². The second kappa shape index (κ2) is 5.09. The largest absolute Gasteiger partial charge is 0.380 e. The number of methoxy groups -OCH3 is 1. The van der Waals surface area contributed by atoms with Crippen LogP contribution in [0.4, 0.5) is 0 Å². The zero-order valence-electron chi connectivity index (χ0n) is 12.2. The summed E-state index contributed by atoms with van der Waals surface area (Å²) in [5.41, 5.74) is 6.54. The SMILES string of the molecule is COC1CN(C(=O)c2ncnc3[nH]ccc23)C(C)(CN)C1. The summed E-state index contributed by atoms with van der Waals surface area (Å²) in [4.78, 5) is 26.0. The van der Waals surface area contributed by atoms with E-state index in [1.165, 1.54) is 6.33 Å². The van der Waals surface area contributed by atoms with Crippen LogP contribution < -0.4 is 5.73 Å². The molecule has 2 aromatic heterocycles. The van der Waals surface area contributed by atoms with Crippen molar-refractivity contribution in [1.29, 1.82) is 0 Å². The van der Waals surface area contributed by atoms with Gasteiger partial charge in [0, 0.05) is 26.4 Å². The lowest BCUT2D eigenvalue weighted by Crippen LogP contribution is -2.50. The molecule has 1 aliphatic heterocycles. The van der Waals surface area contributed by atoms with Crippen molar-refractivity contribution < 1.29 is 9.53 Å². The molecule has 0 aromatic carbocycles. The summed E-state index contributed by atoms with van der Waals surface area (Å²) in [7, 11) is 1.66. The van der Waals surface area contributed by atoms with Crippen molar-refractivity contribution in [1.82, 2.24) is 19.9 Å². The number of likely N-dealkylation sites (tertiary alicyclic amines) is 1.